The molecule has 0 radical (unpaired) electrons. The number of aromatic nitrogens is 1. The predicted molar refractivity (Wildman–Crippen MR) is 76.7 cm³/mol. The summed E-state index contributed by atoms with van der Waals surface area (Å²) in [4.78, 5) is 15.9. The highest BCUT2D eigenvalue weighted by atomic mass is 32.2. The Bertz CT molecular complexity index is 611. The van der Waals surface area contributed by atoms with Gasteiger partial charge in [-0.1, -0.05) is 17.7 Å². The molecule has 19 heavy (non-hydrogen) atoms. The van der Waals surface area contributed by atoms with Crippen LogP contribution in [-0.2, 0) is 5.75 Å². The zero-order valence-corrected chi connectivity index (χ0v) is 11.7. The summed E-state index contributed by atoms with van der Waals surface area (Å²) < 4.78 is 0. The van der Waals surface area contributed by atoms with Crippen molar-refractivity contribution in [3.8, 4) is 0 Å². The Labute approximate surface area is 116 Å². The lowest BCUT2D eigenvalue weighted by Crippen LogP contribution is -2.00. The Morgan fingerprint density at radius 2 is 2.05 bits per heavy atom. The van der Waals surface area contributed by atoms with Crippen molar-refractivity contribution in [3.63, 3.8) is 0 Å². The van der Waals surface area contributed by atoms with Gasteiger partial charge in [-0.3, -0.25) is 0 Å². The second-order valence-electron chi connectivity index (χ2n) is 4.41. The molecule has 98 valence electrons. The van der Waals surface area contributed by atoms with Crippen LogP contribution in [0.15, 0.2) is 41.4 Å². The van der Waals surface area contributed by atoms with Crippen molar-refractivity contribution in [2.75, 3.05) is 0 Å². The number of benzene rings is 1. The third-order valence-electron chi connectivity index (χ3n) is 2.77. The normalized spacial score (nSPS) is 10.4. The van der Waals surface area contributed by atoms with Gasteiger partial charge in [0.15, 0.2) is 0 Å². The molecule has 0 aliphatic rings. The molecular formula is C15H15NO2S. The lowest BCUT2D eigenvalue weighted by molar-refractivity contribution is 0.0690. The smallest absolute Gasteiger partial charge is 0.354 e. The van der Waals surface area contributed by atoms with Crippen LogP contribution in [0.3, 0.4) is 0 Å². The van der Waals surface area contributed by atoms with Gasteiger partial charge in [0.1, 0.15) is 5.69 Å². The maximum Gasteiger partial charge on any atom is 0.354 e. The van der Waals surface area contributed by atoms with Crippen LogP contribution in [-0.4, -0.2) is 16.1 Å². The standard InChI is InChI=1S/C15H15NO2S/c1-10-3-4-14(11(2)7-10)19-9-12-5-6-16-13(8-12)15(17)18/h3-8H,9H2,1-2H3,(H,17,18). The monoisotopic (exact) mass is 273 g/mol. The summed E-state index contributed by atoms with van der Waals surface area (Å²) in [5, 5.41) is 8.90. The van der Waals surface area contributed by atoms with E-state index in [4.69, 9.17) is 5.11 Å². The molecule has 0 amide bonds. The molecule has 0 aliphatic carbocycles. The molecule has 4 heteroatoms. The summed E-state index contributed by atoms with van der Waals surface area (Å²) in [7, 11) is 0. The van der Waals surface area contributed by atoms with Gasteiger partial charge >= 0.3 is 5.97 Å². The number of aryl methyl sites for hydroxylation is 2. The number of aromatic carboxylic acids is 1. The van der Waals surface area contributed by atoms with Crippen LogP contribution in [0.5, 0.6) is 0 Å². The summed E-state index contributed by atoms with van der Waals surface area (Å²) in [6.07, 6.45) is 1.54. The van der Waals surface area contributed by atoms with Crippen molar-refractivity contribution < 1.29 is 9.90 Å². The predicted octanol–water partition coefficient (Wildman–Crippen LogP) is 3.69. The second-order valence-corrected chi connectivity index (χ2v) is 5.43. The lowest BCUT2D eigenvalue weighted by Gasteiger charge is -2.07. The van der Waals surface area contributed by atoms with E-state index in [9.17, 15) is 4.79 Å². The molecule has 0 saturated carbocycles. The van der Waals surface area contributed by atoms with Crippen LogP contribution in [0.2, 0.25) is 0 Å². The zero-order chi connectivity index (χ0) is 13.8. The fourth-order valence-electron chi connectivity index (χ4n) is 1.80. The maximum absolute atomic E-state index is 10.8. The van der Waals surface area contributed by atoms with E-state index >= 15 is 0 Å². The molecule has 0 aliphatic heterocycles. The minimum absolute atomic E-state index is 0.0960. The number of thioether (sulfide) groups is 1. The largest absolute Gasteiger partial charge is 0.477 e. The van der Waals surface area contributed by atoms with Crippen LogP contribution in [0, 0.1) is 13.8 Å². The molecule has 2 aromatic rings. The highest BCUT2D eigenvalue weighted by Gasteiger charge is 2.06. The van der Waals surface area contributed by atoms with Crippen molar-refractivity contribution in [2.45, 2.75) is 24.5 Å². The summed E-state index contributed by atoms with van der Waals surface area (Å²) in [6, 6.07) is 9.82. The van der Waals surface area contributed by atoms with Crippen LogP contribution < -0.4 is 0 Å². The van der Waals surface area contributed by atoms with Crippen molar-refractivity contribution in [1.29, 1.82) is 0 Å². The molecule has 1 aromatic carbocycles. The first kappa shape index (κ1) is 13.6. The molecule has 3 nitrogen and oxygen atoms in total. The molecule has 1 heterocycles. The summed E-state index contributed by atoms with van der Waals surface area (Å²) in [5.41, 5.74) is 3.56. The highest BCUT2D eigenvalue weighted by Crippen LogP contribution is 2.26. The molecule has 0 fully saturated rings. The van der Waals surface area contributed by atoms with Crippen LogP contribution in [0.25, 0.3) is 0 Å². The Hall–Kier alpha value is -1.81. The number of carbonyl (C=O) groups is 1. The van der Waals surface area contributed by atoms with E-state index in [0.717, 1.165) is 11.3 Å². The van der Waals surface area contributed by atoms with Gasteiger partial charge in [-0.15, -0.1) is 11.8 Å². The maximum atomic E-state index is 10.8. The SMILES string of the molecule is Cc1ccc(SCc2ccnc(C(=O)O)c2)c(C)c1. The fourth-order valence-corrected chi connectivity index (χ4v) is 2.76. The van der Waals surface area contributed by atoms with E-state index < -0.39 is 5.97 Å². The Balaban J connectivity index is 2.10. The van der Waals surface area contributed by atoms with E-state index in [2.05, 4.69) is 37.0 Å². The number of hydrogen-bond donors (Lipinski definition) is 1. The topological polar surface area (TPSA) is 50.2 Å². The van der Waals surface area contributed by atoms with Crippen LogP contribution in [0.1, 0.15) is 27.2 Å². The highest BCUT2D eigenvalue weighted by molar-refractivity contribution is 7.98. The Morgan fingerprint density at radius 3 is 2.74 bits per heavy atom. The van der Waals surface area contributed by atoms with E-state index in [-0.39, 0.29) is 5.69 Å². The van der Waals surface area contributed by atoms with E-state index in [1.165, 1.54) is 16.0 Å². The first-order chi connectivity index (χ1) is 9.06. The van der Waals surface area contributed by atoms with Crippen molar-refractivity contribution in [1.82, 2.24) is 4.98 Å². The minimum Gasteiger partial charge on any atom is -0.477 e. The van der Waals surface area contributed by atoms with Gasteiger partial charge in [0.2, 0.25) is 0 Å². The van der Waals surface area contributed by atoms with Gasteiger partial charge < -0.3 is 5.11 Å². The molecule has 2 rings (SSSR count). The number of rotatable bonds is 4. The second kappa shape index (κ2) is 5.89. The molecule has 0 saturated heterocycles. The average Bonchev–Trinajstić information content (AvgIpc) is 2.38. The van der Waals surface area contributed by atoms with E-state index in [0.29, 0.717) is 0 Å². The lowest BCUT2D eigenvalue weighted by atomic mass is 10.2. The third kappa shape index (κ3) is 3.58. The summed E-state index contributed by atoms with van der Waals surface area (Å²) in [5.74, 6) is -0.245. The van der Waals surface area contributed by atoms with E-state index in [1.807, 2.05) is 6.07 Å². The van der Waals surface area contributed by atoms with Gasteiger partial charge in [0.05, 0.1) is 0 Å². The quantitative estimate of drug-likeness (QED) is 0.863. The molecular weight excluding hydrogens is 258 g/mol. The molecule has 1 aromatic heterocycles. The number of hydrogen-bond acceptors (Lipinski definition) is 3. The average molecular weight is 273 g/mol. The van der Waals surface area contributed by atoms with Gasteiger partial charge in [-0.05, 0) is 43.2 Å². The Morgan fingerprint density at radius 1 is 1.26 bits per heavy atom. The van der Waals surface area contributed by atoms with Crippen molar-refractivity contribution >= 4 is 17.7 Å². The van der Waals surface area contributed by atoms with Crippen LogP contribution >= 0.6 is 11.8 Å². The number of carboxylic acid groups (broad SMARTS) is 1. The number of pyridine rings is 1. The molecule has 0 spiro atoms. The van der Waals surface area contributed by atoms with Crippen molar-refractivity contribution in [3.05, 3.63) is 58.9 Å². The first-order valence-electron chi connectivity index (χ1n) is 5.94. The molecule has 0 unspecified atom stereocenters. The van der Waals surface area contributed by atoms with E-state index in [1.54, 1.807) is 24.0 Å². The molecule has 0 bridgehead atoms. The van der Waals surface area contributed by atoms with Crippen molar-refractivity contribution in [2.24, 2.45) is 0 Å². The van der Waals surface area contributed by atoms with Crippen LogP contribution in [0.4, 0.5) is 0 Å². The number of carboxylic acids is 1. The number of nitrogens with zero attached hydrogens (tertiary/aromatic N) is 1. The fraction of sp³-hybridized carbons (Fsp3) is 0.200. The first-order valence-corrected chi connectivity index (χ1v) is 6.93. The third-order valence-corrected chi connectivity index (χ3v) is 4.01. The molecule has 0 atom stereocenters. The molecule has 1 N–H and O–H groups in total. The summed E-state index contributed by atoms with van der Waals surface area (Å²) in [6.45, 7) is 4.16. The Kier molecular flexibility index (Phi) is 4.22. The van der Waals surface area contributed by atoms with Gasteiger partial charge in [-0.2, -0.15) is 0 Å². The van der Waals surface area contributed by atoms with Gasteiger partial charge in [0, 0.05) is 16.8 Å². The zero-order valence-electron chi connectivity index (χ0n) is 10.9. The summed E-state index contributed by atoms with van der Waals surface area (Å²) >= 11 is 1.71. The van der Waals surface area contributed by atoms with Gasteiger partial charge in [0.25, 0.3) is 0 Å². The minimum atomic E-state index is -0.988. The van der Waals surface area contributed by atoms with Gasteiger partial charge in [-0.25, -0.2) is 9.78 Å².